The first-order valence-corrected chi connectivity index (χ1v) is 7.81. The van der Waals surface area contributed by atoms with Crippen LogP contribution in [-0.4, -0.2) is 31.7 Å². The van der Waals surface area contributed by atoms with Gasteiger partial charge in [0.25, 0.3) is 0 Å². The number of anilines is 1. The Morgan fingerprint density at radius 2 is 2.00 bits per heavy atom. The number of ether oxygens (including phenoxy) is 1. The molecule has 1 unspecified atom stereocenters. The van der Waals surface area contributed by atoms with Crippen LogP contribution in [0.3, 0.4) is 0 Å². The summed E-state index contributed by atoms with van der Waals surface area (Å²) in [6.07, 6.45) is 2.14. The van der Waals surface area contributed by atoms with Crippen molar-refractivity contribution in [3.63, 3.8) is 0 Å². The molecular weight excluding hydrogens is 320 g/mol. The third-order valence-corrected chi connectivity index (χ3v) is 4.21. The maximum atomic E-state index is 11.9. The molecule has 1 aliphatic heterocycles. The first-order chi connectivity index (χ1) is 9.65. The zero-order valence-corrected chi connectivity index (χ0v) is 13.3. The largest absolute Gasteiger partial charge is 0.381 e. The highest BCUT2D eigenvalue weighted by atomic mass is 79.9. The van der Waals surface area contributed by atoms with Gasteiger partial charge in [0.05, 0.1) is 6.54 Å². The van der Waals surface area contributed by atoms with Gasteiger partial charge < -0.3 is 15.4 Å². The Hall–Kier alpha value is -0.910. The van der Waals surface area contributed by atoms with Gasteiger partial charge in [-0.2, -0.15) is 0 Å². The van der Waals surface area contributed by atoms with E-state index in [1.165, 1.54) is 0 Å². The van der Waals surface area contributed by atoms with E-state index in [-0.39, 0.29) is 5.91 Å². The lowest BCUT2D eigenvalue weighted by Crippen LogP contribution is -2.40. The summed E-state index contributed by atoms with van der Waals surface area (Å²) >= 11 is 3.37. The minimum Gasteiger partial charge on any atom is -0.381 e. The highest BCUT2D eigenvalue weighted by Gasteiger charge is 2.20. The van der Waals surface area contributed by atoms with Crippen molar-refractivity contribution in [2.45, 2.75) is 25.8 Å². The summed E-state index contributed by atoms with van der Waals surface area (Å²) in [6.45, 7) is 4.15. The van der Waals surface area contributed by atoms with Crippen LogP contribution in [0.4, 0.5) is 5.69 Å². The summed E-state index contributed by atoms with van der Waals surface area (Å²) in [5, 5.41) is 6.19. The Balaban J connectivity index is 1.72. The lowest BCUT2D eigenvalue weighted by molar-refractivity contribution is -0.115. The Kier molecular flexibility index (Phi) is 6.01. The van der Waals surface area contributed by atoms with Gasteiger partial charge in [0.1, 0.15) is 0 Å². The molecule has 0 spiro atoms. The van der Waals surface area contributed by atoms with Crippen molar-refractivity contribution in [1.82, 2.24) is 5.32 Å². The molecule has 1 amide bonds. The first kappa shape index (κ1) is 15.5. The molecule has 110 valence electrons. The second kappa shape index (κ2) is 7.76. The molecule has 4 nitrogen and oxygen atoms in total. The van der Waals surface area contributed by atoms with Crippen LogP contribution in [0.25, 0.3) is 0 Å². The molecule has 0 radical (unpaired) electrons. The molecule has 1 aromatic carbocycles. The molecular formula is C15H21BrN2O2. The number of carbonyl (C=O) groups is 1. The van der Waals surface area contributed by atoms with Gasteiger partial charge in [-0.25, -0.2) is 0 Å². The molecule has 1 heterocycles. The Labute approximate surface area is 128 Å². The smallest absolute Gasteiger partial charge is 0.238 e. The lowest BCUT2D eigenvalue weighted by atomic mass is 9.93. The monoisotopic (exact) mass is 340 g/mol. The Bertz CT molecular complexity index is 430. The summed E-state index contributed by atoms with van der Waals surface area (Å²) in [6, 6.07) is 7.92. The second-order valence-corrected chi connectivity index (χ2v) is 6.09. The molecule has 0 saturated carbocycles. The van der Waals surface area contributed by atoms with E-state index in [2.05, 4.69) is 33.5 Å². The predicted molar refractivity (Wildman–Crippen MR) is 83.8 cm³/mol. The highest BCUT2D eigenvalue weighted by Crippen LogP contribution is 2.18. The summed E-state index contributed by atoms with van der Waals surface area (Å²) in [5.74, 6) is 0.593. The van der Waals surface area contributed by atoms with Gasteiger partial charge in [0, 0.05) is 29.4 Å². The van der Waals surface area contributed by atoms with Gasteiger partial charge in [-0.05, 0) is 49.9 Å². The van der Waals surface area contributed by atoms with Crippen LogP contribution in [0.5, 0.6) is 0 Å². The third kappa shape index (κ3) is 4.89. The van der Waals surface area contributed by atoms with Crippen molar-refractivity contribution >= 4 is 27.5 Å². The lowest BCUT2D eigenvalue weighted by Gasteiger charge is -2.28. The minimum atomic E-state index is -0.00812. The van der Waals surface area contributed by atoms with Crippen LogP contribution in [0.2, 0.25) is 0 Å². The van der Waals surface area contributed by atoms with E-state index in [9.17, 15) is 4.79 Å². The van der Waals surface area contributed by atoms with E-state index in [0.29, 0.717) is 18.5 Å². The molecule has 2 N–H and O–H groups in total. The summed E-state index contributed by atoms with van der Waals surface area (Å²) in [5.41, 5.74) is 0.818. The van der Waals surface area contributed by atoms with Crippen molar-refractivity contribution in [2.75, 3.05) is 25.1 Å². The maximum absolute atomic E-state index is 11.9. The van der Waals surface area contributed by atoms with Crippen molar-refractivity contribution in [3.05, 3.63) is 28.7 Å². The predicted octanol–water partition coefficient (Wildman–Crippen LogP) is 2.79. The van der Waals surface area contributed by atoms with Gasteiger partial charge in [0.15, 0.2) is 0 Å². The quantitative estimate of drug-likeness (QED) is 0.866. The fourth-order valence-corrected chi connectivity index (χ4v) is 2.64. The number of carbonyl (C=O) groups excluding carboxylic acids is 1. The fraction of sp³-hybridized carbons (Fsp3) is 0.533. The zero-order chi connectivity index (χ0) is 14.4. The average Bonchev–Trinajstić information content (AvgIpc) is 2.48. The fourth-order valence-electron chi connectivity index (χ4n) is 2.37. The molecule has 2 rings (SSSR count). The number of hydrogen-bond acceptors (Lipinski definition) is 3. The average molecular weight is 341 g/mol. The van der Waals surface area contributed by atoms with Crippen LogP contribution < -0.4 is 10.6 Å². The number of nitrogens with one attached hydrogen (secondary N) is 2. The van der Waals surface area contributed by atoms with Gasteiger partial charge in [-0.15, -0.1) is 0 Å². The Morgan fingerprint density at radius 3 is 2.65 bits per heavy atom. The first-order valence-electron chi connectivity index (χ1n) is 7.01. The molecule has 0 aliphatic carbocycles. The highest BCUT2D eigenvalue weighted by molar-refractivity contribution is 9.10. The summed E-state index contributed by atoms with van der Waals surface area (Å²) in [7, 11) is 0. The van der Waals surface area contributed by atoms with Crippen LogP contribution in [0.1, 0.15) is 19.8 Å². The number of benzene rings is 1. The van der Waals surface area contributed by atoms with Crippen LogP contribution in [-0.2, 0) is 9.53 Å². The number of halogens is 1. The molecule has 1 fully saturated rings. The van der Waals surface area contributed by atoms with Crippen LogP contribution >= 0.6 is 15.9 Å². The molecule has 1 aromatic rings. The second-order valence-electron chi connectivity index (χ2n) is 5.17. The van der Waals surface area contributed by atoms with E-state index in [1.54, 1.807) is 0 Å². The molecule has 20 heavy (non-hydrogen) atoms. The van der Waals surface area contributed by atoms with E-state index < -0.39 is 0 Å². The maximum Gasteiger partial charge on any atom is 0.238 e. The van der Waals surface area contributed by atoms with E-state index >= 15 is 0 Å². The number of rotatable bonds is 5. The SMILES string of the molecule is CC(NCC(=O)Nc1ccc(Br)cc1)C1CCOCC1. The topological polar surface area (TPSA) is 50.4 Å². The Morgan fingerprint density at radius 1 is 1.35 bits per heavy atom. The van der Waals surface area contributed by atoms with Crippen LogP contribution in [0.15, 0.2) is 28.7 Å². The molecule has 5 heteroatoms. The van der Waals surface area contributed by atoms with Gasteiger partial charge in [-0.3, -0.25) is 4.79 Å². The molecule has 1 atom stereocenters. The third-order valence-electron chi connectivity index (χ3n) is 3.69. The van der Waals surface area contributed by atoms with Crippen molar-refractivity contribution in [3.8, 4) is 0 Å². The van der Waals surface area contributed by atoms with E-state index in [0.717, 1.165) is 36.2 Å². The molecule has 0 aromatic heterocycles. The minimum absolute atomic E-state index is 0.00812. The molecule has 1 aliphatic rings. The van der Waals surface area contributed by atoms with Crippen molar-refractivity contribution < 1.29 is 9.53 Å². The summed E-state index contributed by atoms with van der Waals surface area (Å²) < 4.78 is 6.35. The van der Waals surface area contributed by atoms with Crippen molar-refractivity contribution in [2.24, 2.45) is 5.92 Å². The number of hydrogen-bond donors (Lipinski definition) is 2. The van der Waals surface area contributed by atoms with E-state index in [1.807, 2.05) is 24.3 Å². The molecule has 1 saturated heterocycles. The standard InChI is InChI=1S/C15H21BrN2O2/c1-11(12-6-8-20-9-7-12)17-10-15(19)18-14-4-2-13(16)3-5-14/h2-5,11-12,17H,6-10H2,1H3,(H,18,19). The van der Waals surface area contributed by atoms with Gasteiger partial charge >= 0.3 is 0 Å². The zero-order valence-electron chi connectivity index (χ0n) is 11.7. The molecule has 0 bridgehead atoms. The van der Waals surface area contributed by atoms with Gasteiger partial charge in [0.2, 0.25) is 5.91 Å². The number of amides is 1. The van der Waals surface area contributed by atoms with Crippen LogP contribution in [0, 0.1) is 5.92 Å². The van der Waals surface area contributed by atoms with Gasteiger partial charge in [-0.1, -0.05) is 15.9 Å². The normalized spacial score (nSPS) is 17.7. The summed E-state index contributed by atoms with van der Waals surface area (Å²) in [4.78, 5) is 11.9. The van der Waals surface area contributed by atoms with E-state index in [4.69, 9.17) is 4.74 Å². The van der Waals surface area contributed by atoms with Crippen molar-refractivity contribution in [1.29, 1.82) is 0 Å².